The molecular formula is C22H16F2N2O2S2. The normalized spacial score (nSPS) is 11.9. The van der Waals surface area contributed by atoms with Gasteiger partial charge < -0.3 is 4.74 Å². The van der Waals surface area contributed by atoms with Crippen LogP contribution in [-0.2, 0) is 11.3 Å². The van der Waals surface area contributed by atoms with E-state index in [9.17, 15) is 13.6 Å². The topological polar surface area (TPSA) is 51.2 Å². The molecule has 0 radical (unpaired) electrons. The van der Waals surface area contributed by atoms with E-state index in [1.54, 1.807) is 18.3 Å². The molecule has 0 aliphatic carbocycles. The summed E-state index contributed by atoms with van der Waals surface area (Å²) in [5.74, 6) is -1.52. The maximum absolute atomic E-state index is 14.0. The van der Waals surface area contributed by atoms with Gasteiger partial charge in [0.05, 0.1) is 16.4 Å². The Kier molecular flexibility index (Phi) is 6.27. The summed E-state index contributed by atoms with van der Waals surface area (Å²) in [6.45, 7) is -0.0412. The lowest BCUT2D eigenvalue weighted by atomic mass is 10.1. The Hall–Kier alpha value is -2.94. The Balaban J connectivity index is 1.54. The Morgan fingerprint density at radius 1 is 1.10 bits per heavy atom. The summed E-state index contributed by atoms with van der Waals surface area (Å²) in [4.78, 5) is 17.9. The predicted octanol–water partition coefficient (Wildman–Crippen LogP) is 6.04. The molecule has 1 N–H and O–H groups in total. The zero-order valence-electron chi connectivity index (χ0n) is 15.5. The van der Waals surface area contributed by atoms with Crippen molar-refractivity contribution in [2.24, 2.45) is 0 Å². The maximum atomic E-state index is 14.0. The van der Waals surface area contributed by atoms with Gasteiger partial charge in [-0.1, -0.05) is 53.8 Å². The number of amides is 1. The van der Waals surface area contributed by atoms with Crippen LogP contribution < -0.4 is 5.32 Å². The third-order valence-electron chi connectivity index (χ3n) is 4.27. The molecule has 4 nitrogen and oxygen atoms in total. The molecule has 1 unspecified atom stereocenters. The van der Waals surface area contributed by atoms with Crippen LogP contribution in [0.4, 0.5) is 13.9 Å². The number of nitrogens with zero attached hydrogens (tertiary/aromatic N) is 1. The molecule has 0 saturated carbocycles. The van der Waals surface area contributed by atoms with E-state index in [0.717, 1.165) is 16.5 Å². The van der Waals surface area contributed by atoms with Crippen molar-refractivity contribution in [3.63, 3.8) is 0 Å². The maximum Gasteiger partial charge on any atom is 0.267 e. The van der Waals surface area contributed by atoms with Crippen LogP contribution in [0.3, 0.4) is 0 Å². The molecule has 0 aliphatic rings. The van der Waals surface area contributed by atoms with Gasteiger partial charge in [0, 0.05) is 17.8 Å². The number of ether oxygens (including phenoxy) is 1. The molecule has 0 aliphatic heterocycles. The summed E-state index contributed by atoms with van der Waals surface area (Å²) in [5, 5.41) is 5.06. The van der Waals surface area contributed by atoms with Crippen LogP contribution in [0.1, 0.15) is 31.8 Å². The summed E-state index contributed by atoms with van der Waals surface area (Å²) in [7, 11) is 0. The summed E-state index contributed by atoms with van der Waals surface area (Å²) >= 11 is 2.63. The van der Waals surface area contributed by atoms with Gasteiger partial charge in [-0.2, -0.15) is 0 Å². The molecule has 2 aromatic heterocycles. The Bertz CT molecular complexity index is 1130. The summed E-state index contributed by atoms with van der Waals surface area (Å²) < 4.78 is 33.2. The highest BCUT2D eigenvalue weighted by Crippen LogP contribution is 2.33. The molecule has 152 valence electrons. The Morgan fingerprint density at radius 3 is 2.67 bits per heavy atom. The molecular weight excluding hydrogens is 426 g/mol. The second kappa shape index (κ2) is 9.25. The summed E-state index contributed by atoms with van der Waals surface area (Å²) in [6.07, 6.45) is 1.12. The van der Waals surface area contributed by atoms with Crippen LogP contribution in [-0.4, -0.2) is 10.9 Å². The van der Waals surface area contributed by atoms with Gasteiger partial charge in [0.25, 0.3) is 5.91 Å². The third kappa shape index (κ3) is 4.79. The number of hydrogen-bond acceptors (Lipinski definition) is 5. The first-order chi connectivity index (χ1) is 14.6. The van der Waals surface area contributed by atoms with Crippen LogP contribution in [0.5, 0.6) is 0 Å². The fourth-order valence-electron chi connectivity index (χ4n) is 2.81. The van der Waals surface area contributed by atoms with Crippen molar-refractivity contribution >= 4 is 33.7 Å². The van der Waals surface area contributed by atoms with Crippen molar-refractivity contribution in [1.82, 2.24) is 4.98 Å². The van der Waals surface area contributed by atoms with Crippen LogP contribution in [0.15, 0.2) is 72.2 Å². The molecule has 2 aromatic carbocycles. The van der Waals surface area contributed by atoms with Crippen LogP contribution >= 0.6 is 22.7 Å². The third-order valence-corrected chi connectivity index (χ3v) is 6.09. The van der Waals surface area contributed by atoms with Crippen LogP contribution in [0.25, 0.3) is 0 Å². The zero-order chi connectivity index (χ0) is 20.9. The molecule has 0 bridgehead atoms. The van der Waals surface area contributed by atoms with Gasteiger partial charge in [-0.15, -0.1) is 11.3 Å². The number of aromatic nitrogens is 1. The molecule has 2 heterocycles. The SMILES string of the molecule is O=C(Nc1ncc(C(OCc2ccc(F)cc2F)c2ccccc2)s1)c1cccs1. The number of benzene rings is 2. The van der Waals surface area contributed by atoms with Gasteiger partial charge in [0.1, 0.15) is 17.7 Å². The van der Waals surface area contributed by atoms with Crippen molar-refractivity contribution in [2.45, 2.75) is 12.7 Å². The standard InChI is InChI=1S/C22H16F2N2O2S2/c23-16-9-8-15(17(24)11-16)13-28-20(14-5-2-1-3-6-14)19-12-25-22(30-19)26-21(27)18-7-4-10-29-18/h1-12,20H,13H2,(H,25,26,27). The quantitative estimate of drug-likeness (QED) is 0.380. The van der Waals surface area contributed by atoms with Gasteiger partial charge in [0.2, 0.25) is 0 Å². The van der Waals surface area contributed by atoms with Gasteiger partial charge in [-0.25, -0.2) is 13.8 Å². The molecule has 1 atom stereocenters. The minimum absolute atomic E-state index is 0.0412. The highest BCUT2D eigenvalue weighted by molar-refractivity contribution is 7.16. The summed E-state index contributed by atoms with van der Waals surface area (Å²) in [6, 6.07) is 16.4. The number of carbonyl (C=O) groups is 1. The second-order valence-electron chi connectivity index (χ2n) is 6.34. The fraction of sp³-hybridized carbons (Fsp3) is 0.0909. The average Bonchev–Trinajstić information content (AvgIpc) is 3.43. The monoisotopic (exact) mass is 442 g/mol. The van der Waals surface area contributed by atoms with E-state index in [-0.39, 0.29) is 18.1 Å². The lowest BCUT2D eigenvalue weighted by Crippen LogP contribution is -2.09. The van der Waals surface area contributed by atoms with Crippen molar-refractivity contribution in [3.8, 4) is 0 Å². The lowest BCUT2D eigenvalue weighted by Gasteiger charge is -2.17. The minimum atomic E-state index is -0.657. The van der Waals surface area contributed by atoms with E-state index in [4.69, 9.17) is 4.74 Å². The number of thiophene rings is 1. The first-order valence-electron chi connectivity index (χ1n) is 9.01. The van der Waals surface area contributed by atoms with Crippen LogP contribution in [0, 0.1) is 11.6 Å². The number of halogens is 2. The van der Waals surface area contributed by atoms with E-state index in [2.05, 4.69) is 10.3 Å². The van der Waals surface area contributed by atoms with E-state index in [1.165, 1.54) is 34.8 Å². The molecule has 0 fully saturated rings. The zero-order valence-corrected chi connectivity index (χ0v) is 17.2. The minimum Gasteiger partial charge on any atom is -0.363 e. The molecule has 0 spiro atoms. The van der Waals surface area contributed by atoms with Crippen molar-refractivity contribution < 1.29 is 18.3 Å². The van der Waals surface area contributed by atoms with Gasteiger partial charge in [-0.3, -0.25) is 10.1 Å². The Labute approximate surface area is 179 Å². The first kappa shape index (κ1) is 20.3. The number of hydrogen-bond donors (Lipinski definition) is 1. The molecule has 1 amide bonds. The Morgan fingerprint density at radius 2 is 1.93 bits per heavy atom. The number of anilines is 1. The van der Waals surface area contributed by atoms with Crippen molar-refractivity contribution in [2.75, 3.05) is 5.32 Å². The molecule has 0 saturated heterocycles. The van der Waals surface area contributed by atoms with E-state index in [0.29, 0.717) is 10.0 Å². The van der Waals surface area contributed by atoms with Crippen LogP contribution in [0.2, 0.25) is 0 Å². The molecule has 30 heavy (non-hydrogen) atoms. The summed E-state index contributed by atoms with van der Waals surface area (Å²) in [5.41, 5.74) is 1.12. The second-order valence-corrected chi connectivity index (χ2v) is 8.35. The smallest absolute Gasteiger partial charge is 0.267 e. The van der Waals surface area contributed by atoms with Gasteiger partial charge in [-0.05, 0) is 23.1 Å². The first-order valence-corrected chi connectivity index (χ1v) is 10.7. The fourth-order valence-corrected chi connectivity index (χ4v) is 4.32. The van der Waals surface area contributed by atoms with Crippen molar-refractivity contribution in [1.29, 1.82) is 0 Å². The van der Waals surface area contributed by atoms with Crippen molar-refractivity contribution in [3.05, 3.63) is 105 Å². The lowest BCUT2D eigenvalue weighted by molar-refractivity contribution is 0.0669. The number of nitrogens with one attached hydrogen (secondary N) is 1. The van der Waals surface area contributed by atoms with E-state index < -0.39 is 17.7 Å². The predicted molar refractivity (Wildman–Crippen MR) is 114 cm³/mol. The number of carbonyl (C=O) groups excluding carboxylic acids is 1. The largest absolute Gasteiger partial charge is 0.363 e. The average molecular weight is 443 g/mol. The molecule has 4 rings (SSSR count). The number of rotatable bonds is 7. The highest BCUT2D eigenvalue weighted by atomic mass is 32.1. The van der Waals surface area contributed by atoms with E-state index in [1.807, 2.05) is 35.7 Å². The number of thiazole rings is 1. The molecule has 8 heteroatoms. The molecule has 4 aromatic rings. The van der Waals surface area contributed by atoms with E-state index >= 15 is 0 Å². The highest BCUT2D eigenvalue weighted by Gasteiger charge is 2.20. The van der Waals surface area contributed by atoms with Gasteiger partial charge in [0.15, 0.2) is 5.13 Å². The van der Waals surface area contributed by atoms with Gasteiger partial charge >= 0.3 is 0 Å².